The highest BCUT2D eigenvalue weighted by Crippen LogP contribution is 2.35. The van der Waals surface area contributed by atoms with E-state index in [4.69, 9.17) is 9.47 Å². The molecule has 2 aromatic rings. The van der Waals surface area contributed by atoms with E-state index < -0.39 is 0 Å². The van der Waals surface area contributed by atoms with Crippen molar-refractivity contribution in [1.29, 1.82) is 0 Å². The number of amides is 1. The number of carbonyl (C=O) groups is 1. The summed E-state index contributed by atoms with van der Waals surface area (Å²) >= 11 is 1.36. The van der Waals surface area contributed by atoms with Gasteiger partial charge in [0.15, 0.2) is 5.17 Å². The number of nitrogens with zero attached hydrogens (tertiary/aromatic N) is 2. The highest BCUT2D eigenvalue weighted by molar-refractivity contribution is 8.18. The van der Waals surface area contributed by atoms with Gasteiger partial charge in [-0.2, -0.15) is 0 Å². The highest BCUT2D eigenvalue weighted by Gasteiger charge is 2.30. The number of hydrogen-bond acceptors (Lipinski definition) is 5. The van der Waals surface area contributed by atoms with E-state index in [0.29, 0.717) is 21.6 Å². The molecular weight excluding hydrogens is 360 g/mol. The summed E-state index contributed by atoms with van der Waals surface area (Å²) in [7, 11) is 4.94. The third kappa shape index (κ3) is 4.17. The van der Waals surface area contributed by atoms with Crippen molar-refractivity contribution in [2.45, 2.75) is 13.3 Å². The molecule has 0 N–H and O–H groups in total. The predicted molar refractivity (Wildman–Crippen MR) is 111 cm³/mol. The van der Waals surface area contributed by atoms with Gasteiger partial charge in [-0.05, 0) is 54.1 Å². The summed E-state index contributed by atoms with van der Waals surface area (Å²) in [6.07, 6.45) is 2.81. The number of benzene rings is 2. The summed E-state index contributed by atoms with van der Waals surface area (Å²) in [6, 6.07) is 13.6. The zero-order valence-electron chi connectivity index (χ0n) is 15.9. The first-order valence-corrected chi connectivity index (χ1v) is 9.44. The summed E-state index contributed by atoms with van der Waals surface area (Å²) in [5.74, 6) is 1.27. The molecule has 0 bridgehead atoms. The number of amidine groups is 1. The molecule has 1 saturated heterocycles. The Labute approximate surface area is 163 Å². The molecule has 0 aromatic heterocycles. The Morgan fingerprint density at radius 1 is 1.11 bits per heavy atom. The maximum Gasteiger partial charge on any atom is 0.266 e. The van der Waals surface area contributed by atoms with Crippen molar-refractivity contribution in [2.75, 3.05) is 21.3 Å². The van der Waals surface area contributed by atoms with Gasteiger partial charge in [-0.25, -0.2) is 4.99 Å². The quantitative estimate of drug-likeness (QED) is 0.715. The third-order valence-electron chi connectivity index (χ3n) is 4.30. The monoisotopic (exact) mass is 382 g/mol. The molecule has 1 aliphatic heterocycles. The Balaban J connectivity index is 1.89. The Bertz CT molecular complexity index is 904. The number of carbonyl (C=O) groups excluding carboxylic acids is 1. The number of hydrogen-bond donors (Lipinski definition) is 0. The van der Waals surface area contributed by atoms with E-state index in [1.807, 2.05) is 30.3 Å². The molecule has 27 heavy (non-hydrogen) atoms. The Morgan fingerprint density at radius 2 is 1.85 bits per heavy atom. The van der Waals surface area contributed by atoms with Gasteiger partial charge < -0.3 is 9.47 Å². The summed E-state index contributed by atoms with van der Waals surface area (Å²) in [4.78, 5) is 19.4. The van der Waals surface area contributed by atoms with Crippen molar-refractivity contribution in [1.82, 2.24) is 4.90 Å². The summed E-state index contributed by atoms with van der Waals surface area (Å²) in [5, 5.41) is 0.656. The molecule has 1 amide bonds. The lowest BCUT2D eigenvalue weighted by Crippen LogP contribution is -2.23. The smallest absolute Gasteiger partial charge is 0.266 e. The minimum absolute atomic E-state index is 0.0817. The largest absolute Gasteiger partial charge is 0.497 e. The molecule has 0 aliphatic carbocycles. The number of aliphatic imine (C=N–C) groups is 1. The number of methoxy groups -OCH3 is 2. The van der Waals surface area contributed by atoms with Gasteiger partial charge in [-0.1, -0.05) is 19.1 Å². The number of aryl methyl sites for hydroxylation is 1. The van der Waals surface area contributed by atoms with Gasteiger partial charge in [0, 0.05) is 18.7 Å². The van der Waals surface area contributed by atoms with Gasteiger partial charge in [-0.15, -0.1) is 0 Å². The molecule has 0 unspecified atom stereocenters. The van der Waals surface area contributed by atoms with E-state index in [1.165, 1.54) is 17.3 Å². The van der Waals surface area contributed by atoms with Gasteiger partial charge in [0.2, 0.25) is 0 Å². The average molecular weight is 382 g/mol. The fraction of sp³-hybridized carbons (Fsp3) is 0.238. The number of likely N-dealkylation sites (N-methyl/N-ethyl adjacent to an activating group) is 1. The molecule has 6 heteroatoms. The molecule has 1 aliphatic rings. The number of rotatable bonds is 5. The van der Waals surface area contributed by atoms with Crippen LogP contribution >= 0.6 is 11.8 Å². The van der Waals surface area contributed by atoms with Crippen LogP contribution in [0.5, 0.6) is 11.5 Å². The normalized spacial score (nSPS) is 17.0. The van der Waals surface area contributed by atoms with Crippen LogP contribution in [0.4, 0.5) is 5.69 Å². The highest BCUT2D eigenvalue weighted by atomic mass is 32.2. The Hall–Kier alpha value is -2.73. The topological polar surface area (TPSA) is 51.1 Å². The first-order valence-electron chi connectivity index (χ1n) is 8.63. The molecule has 3 rings (SSSR count). The van der Waals surface area contributed by atoms with Crippen LogP contribution in [0.3, 0.4) is 0 Å². The van der Waals surface area contributed by atoms with E-state index in [0.717, 1.165) is 17.7 Å². The van der Waals surface area contributed by atoms with Crippen LogP contribution in [-0.2, 0) is 11.2 Å². The van der Waals surface area contributed by atoms with Crippen LogP contribution < -0.4 is 9.47 Å². The standard InChI is InChI=1S/C21H22N2O3S/c1-5-14-6-9-16(10-7-14)22-21-23(2)20(24)19(27-21)12-15-8-11-17(25-3)13-18(15)26-4/h6-13H,5H2,1-4H3/b19-12+,22-21?. The molecular formula is C21H22N2O3S. The molecule has 5 nitrogen and oxygen atoms in total. The Morgan fingerprint density at radius 3 is 2.48 bits per heavy atom. The lowest BCUT2D eigenvalue weighted by atomic mass is 10.1. The van der Waals surface area contributed by atoms with Crippen LogP contribution in [-0.4, -0.2) is 37.2 Å². The zero-order chi connectivity index (χ0) is 19.4. The van der Waals surface area contributed by atoms with Crippen LogP contribution in [0.2, 0.25) is 0 Å². The van der Waals surface area contributed by atoms with Crippen molar-refractivity contribution in [3.8, 4) is 11.5 Å². The predicted octanol–water partition coefficient (Wildman–Crippen LogP) is 4.50. The van der Waals surface area contributed by atoms with Gasteiger partial charge in [0.1, 0.15) is 11.5 Å². The van der Waals surface area contributed by atoms with Crippen molar-refractivity contribution in [3.05, 3.63) is 58.5 Å². The van der Waals surface area contributed by atoms with Crippen LogP contribution in [0, 0.1) is 0 Å². The minimum atomic E-state index is -0.0817. The van der Waals surface area contributed by atoms with Crippen LogP contribution in [0.1, 0.15) is 18.1 Å². The minimum Gasteiger partial charge on any atom is -0.497 e. The molecule has 0 spiro atoms. The fourth-order valence-electron chi connectivity index (χ4n) is 2.65. The van der Waals surface area contributed by atoms with Gasteiger partial charge >= 0.3 is 0 Å². The molecule has 140 valence electrons. The zero-order valence-corrected chi connectivity index (χ0v) is 16.7. The van der Waals surface area contributed by atoms with Gasteiger partial charge in [0.25, 0.3) is 5.91 Å². The van der Waals surface area contributed by atoms with Crippen LogP contribution in [0.15, 0.2) is 52.4 Å². The molecule has 0 radical (unpaired) electrons. The van der Waals surface area contributed by atoms with Crippen molar-refractivity contribution in [2.24, 2.45) is 4.99 Å². The molecule has 0 saturated carbocycles. The summed E-state index contributed by atoms with van der Waals surface area (Å²) in [5.41, 5.74) is 2.91. The average Bonchev–Trinajstić information content (AvgIpc) is 2.96. The SMILES string of the molecule is CCc1ccc(N=C2S/C(=C/c3ccc(OC)cc3OC)C(=O)N2C)cc1. The van der Waals surface area contributed by atoms with Crippen molar-refractivity contribution >= 4 is 34.6 Å². The second kappa shape index (κ2) is 8.31. The summed E-state index contributed by atoms with van der Waals surface area (Å²) < 4.78 is 10.6. The first kappa shape index (κ1) is 19.0. The second-order valence-electron chi connectivity index (χ2n) is 6.00. The molecule has 0 atom stereocenters. The van der Waals surface area contributed by atoms with E-state index in [-0.39, 0.29) is 5.91 Å². The molecule has 1 heterocycles. The number of thioether (sulfide) groups is 1. The maximum absolute atomic E-state index is 12.6. The molecule has 1 fully saturated rings. The van der Waals surface area contributed by atoms with Gasteiger partial charge in [-0.3, -0.25) is 9.69 Å². The van der Waals surface area contributed by atoms with Gasteiger partial charge in [0.05, 0.1) is 24.8 Å². The first-order chi connectivity index (χ1) is 13.0. The van der Waals surface area contributed by atoms with Crippen molar-refractivity contribution in [3.63, 3.8) is 0 Å². The lowest BCUT2D eigenvalue weighted by Gasteiger charge is -2.08. The van der Waals surface area contributed by atoms with E-state index in [9.17, 15) is 4.79 Å². The fourth-order valence-corrected chi connectivity index (χ4v) is 3.62. The van der Waals surface area contributed by atoms with E-state index in [2.05, 4.69) is 24.0 Å². The van der Waals surface area contributed by atoms with E-state index in [1.54, 1.807) is 32.2 Å². The lowest BCUT2D eigenvalue weighted by molar-refractivity contribution is -0.121. The maximum atomic E-state index is 12.6. The Kier molecular flexibility index (Phi) is 5.86. The third-order valence-corrected chi connectivity index (χ3v) is 5.36. The molecule has 2 aromatic carbocycles. The number of ether oxygens (including phenoxy) is 2. The second-order valence-corrected chi connectivity index (χ2v) is 7.01. The van der Waals surface area contributed by atoms with Crippen LogP contribution in [0.25, 0.3) is 6.08 Å². The summed E-state index contributed by atoms with van der Waals surface area (Å²) in [6.45, 7) is 2.12. The van der Waals surface area contributed by atoms with Crippen molar-refractivity contribution < 1.29 is 14.3 Å². The van der Waals surface area contributed by atoms with E-state index >= 15 is 0 Å².